The summed E-state index contributed by atoms with van der Waals surface area (Å²) in [6.45, 7) is 6.57. The molecule has 1 atom stereocenters. The first-order valence-corrected chi connectivity index (χ1v) is 7.73. The van der Waals surface area contributed by atoms with Gasteiger partial charge in [0.2, 0.25) is 0 Å². The van der Waals surface area contributed by atoms with Crippen molar-refractivity contribution in [1.29, 1.82) is 0 Å². The Bertz CT molecular complexity index is 505. The van der Waals surface area contributed by atoms with Crippen LogP contribution in [0.2, 0.25) is 5.02 Å². The Balaban J connectivity index is 2.02. The molecule has 0 bridgehead atoms. The second-order valence-corrected chi connectivity index (χ2v) is 6.85. The largest absolute Gasteiger partial charge is 0.444 e. The third-order valence-corrected chi connectivity index (χ3v) is 3.64. The third-order valence-electron chi connectivity index (χ3n) is 3.31. The molecule has 0 saturated carbocycles. The Morgan fingerprint density at radius 1 is 1.48 bits per heavy atom. The van der Waals surface area contributed by atoms with Crippen molar-refractivity contribution >= 4 is 23.4 Å². The molecule has 1 unspecified atom stereocenters. The number of amides is 1. The van der Waals surface area contributed by atoms with Gasteiger partial charge in [0.05, 0.1) is 10.7 Å². The van der Waals surface area contributed by atoms with E-state index in [1.54, 1.807) is 0 Å². The van der Waals surface area contributed by atoms with Crippen LogP contribution in [0.5, 0.6) is 0 Å². The van der Waals surface area contributed by atoms with Gasteiger partial charge in [-0.2, -0.15) is 0 Å². The first-order chi connectivity index (χ1) is 9.83. The number of carbonyl (C=O) groups excluding carboxylic acids is 1. The van der Waals surface area contributed by atoms with E-state index in [-0.39, 0.29) is 0 Å². The molecule has 1 aromatic rings. The molecule has 1 fully saturated rings. The number of carbonyl (C=O) groups is 1. The molecule has 0 aromatic heterocycles. The zero-order valence-electron chi connectivity index (χ0n) is 12.8. The molecule has 1 saturated heterocycles. The van der Waals surface area contributed by atoms with Crippen LogP contribution < -0.4 is 10.6 Å². The summed E-state index contributed by atoms with van der Waals surface area (Å²) in [5.74, 6) is 0. The van der Waals surface area contributed by atoms with Crippen molar-refractivity contribution in [1.82, 2.24) is 5.32 Å². The number of halogens is 1. The third kappa shape index (κ3) is 5.21. The first-order valence-electron chi connectivity index (χ1n) is 7.35. The number of ether oxygens (including phenoxy) is 1. The molecule has 1 heterocycles. The van der Waals surface area contributed by atoms with Gasteiger partial charge < -0.3 is 10.1 Å². The zero-order valence-corrected chi connectivity index (χ0v) is 13.6. The molecule has 1 aliphatic rings. The smallest absolute Gasteiger partial charge is 0.412 e. The Morgan fingerprint density at radius 3 is 2.86 bits per heavy atom. The molecule has 1 aliphatic heterocycles. The Morgan fingerprint density at radius 2 is 2.24 bits per heavy atom. The van der Waals surface area contributed by atoms with E-state index in [0.717, 1.165) is 18.5 Å². The van der Waals surface area contributed by atoms with E-state index in [1.165, 1.54) is 12.8 Å². The van der Waals surface area contributed by atoms with E-state index < -0.39 is 11.7 Å². The maximum absolute atomic E-state index is 11.8. The molecule has 0 radical (unpaired) electrons. The van der Waals surface area contributed by atoms with Gasteiger partial charge in [0.1, 0.15) is 5.60 Å². The second kappa shape index (κ2) is 6.67. The lowest BCUT2D eigenvalue weighted by Crippen LogP contribution is -2.27. The Labute approximate surface area is 131 Å². The molecular weight excluding hydrogens is 288 g/mol. The molecule has 2 N–H and O–H groups in total. The van der Waals surface area contributed by atoms with E-state index in [1.807, 2.05) is 39.0 Å². The minimum Gasteiger partial charge on any atom is -0.444 e. The van der Waals surface area contributed by atoms with Crippen LogP contribution in [0.1, 0.15) is 39.2 Å². The molecule has 0 aliphatic carbocycles. The molecule has 1 amide bonds. The van der Waals surface area contributed by atoms with Crippen molar-refractivity contribution in [2.45, 2.75) is 51.7 Å². The lowest BCUT2D eigenvalue weighted by atomic mass is 10.0. The van der Waals surface area contributed by atoms with Gasteiger partial charge in [0.25, 0.3) is 0 Å². The summed E-state index contributed by atoms with van der Waals surface area (Å²) in [4.78, 5) is 11.8. The lowest BCUT2D eigenvalue weighted by Gasteiger charge is -2.20. The van der Waals surface area contributed by atoms with Crippen molar-refractivity contribution in [2.24, 2.45) is 0 Å². The summed E-state index contributed by atoms with van der Waals surface area (Å²) in [5.41, 5.74) is 1.23. The Hall–Kier alpha value is -1.26. The van der Waals surface area contributed by atoms with Crippen molar-refractivity contribution in [3.05, 3.63) is 28.8 Å². The predicted octanol–water partition coefficient (Wildman–Crippen LogP) is 3.98. The van der Waals surface area contributed by atoms with Crippen LogP contribution in [0.15, 0.2) is 18.2 Å². The van der Waals surface area contributed by atoms with E-state index in [4.69, 9.17) is 16.3 Å². The monoisotopic (exact) mass is 310 g/mol. The van der Waals surface area contributed by atoms with Gasteiger partial charge in [0.15, 0.2) is 0 Å². The number of benzene rings is 1. The van der Waals surface area contributed by atoms with Crippen LogP contribution in [-0.4, -0.2) is 24.3 Å². The second-order valence-electron chi connectivity index (χ2n) is 6.44. The molecule has 21 heavy (non-hydrogen) atoms. The van der Waals surface area contributed by atoms with Crippen molar-refractivity contribution in [3.63, 3.8) is 0 Å². The molecule has 2 rings (SSSR count). The number of rotatable bonds is 3. The predicted molar refractivity (Wildman–Crippen MR) is 86.0 cm³/mol. The normalized spacial score (nSPS) is 18.6. The number of anilines is 1. The summed E-state index contributed by atoms with van der Waals surface area (Å²) in [5, 5.41) is 6.70. The van der Waals surface area contributed by atoms with E-state index in [9.17, 15) is 4.79 Å². The van der Waals surface area contributed by atoms with Crippen LogP contribution >= 0.6 is 11.6 Å². The fourth-order valence-electron chi connectivity index (χ4n) is 2.42. The highest BCUT2D eigenvalue weighted by atomic mass is 35.5. The molecule has 116 valence electrons. The number of nitrogens with one attached hydrogen (secondary N) is 2. The van der Waals surface area contributed by atoms with Gasteiger partial charge in [-0.05, 0) is 64.3 Å². The summed E-state index contributed by atoms with van der Waals surface area (Å²) in [6, 6.07) is 6.26. The summed E-state index contributed by atoms with van der Waals surface area (Å²) in [7, 11) is 0. The highest BCUT2D eigenvalue weighted by molar-refractivity contribution is 6.33. The van der Waals surface area contributed by atoms with Crippen LogP contribution in [0, 0.1) is 0 Å². The highest BCUT2D eigenvalue weighted by Gasteiger charge is 2.18. The SMILES string of the molecule is CC(C)(C)OC(=O)Nc1cc(CC2CCCN2)ccc1Cl. The van der Waals surface area contributed by atoms with Crippen molar-refractivity contribution < 1.29 is 9.53 Å². The fraction of sp³-hybridized carbons (Fsp3) is 0.562. The zero-order chi connectivity index (χ0) is 15.5. The van der Waals surface area contributed by atoms with Crippen LogP contribution in [0.4, 0.5) is 10.5 Å². The number of hydrogen-bond acceptors (Lipinski definition) is 3. The fourth-order valence-corrected chi connectivity index (χ4v) is 2.59. The number of hydrogen-bond donors (Lipinski definition) is 2. The summed E-state index contributed by atoms with van der Waals surface area (Å²) in [6.07, 6.45) is 2.87. The topological polar surface area (TPSA) is 50.4 Å². The maximum Gasteiger partial charge on any atom is 0.412 e. The van der Waals surface area contributed by atoms with Crippen molar-refractivity contribution in [2.75, 3.05) is 11.9 Å². The minimum absolute atomic E-state index is 0.486. The molecule has 5 heteroatoms. The van der Waals surface area contributed by atoms with Crippen LogP contribution in [0.3, 0.4) is 0 Å². The van der Waals surface area contributed by atoms with Gasteiger partial charge in [0, 0.05) is 6.04 Å². The standard InChI is InChI=1S/C16H23ClN2O2/c1-16(2,3)21-15(20)19-14-10-11(6-7-13(14)17)9-12-5-4-8-18-12/h6-7,10,12,18H,4-5,8-9H2,1-3H3,(H,19,20). The van der Waals surface area contributed by atoms with Crippen LogP contribution in [0.25, 0.3) is 0 Å². The quantitative estimate of drug-likeness (QED) is 0.887. The molecule has 0 spiro atoms. The maximum atomic E-state index is 11.8. The van der Waals surface area contributed by atoms with E-state index >= 15 is 0 Å². The highest BCUT2D eigenvalue weighted by Crippen LogP contribution is 2.25. The average Bonchev–Trinajstić information content (AvgIpc) is 2.84. The van der Waals surface area contributed by atoms with Gasteiger partial charge in [-0.3, -0.25) is 5.32 Å². The van der Waals surface area contributed by atoms with Crippen LogP contribution in [-0.2, 0) is 11.2 Å². The first kappa shape index (κ1) is 16.1. The Kier molecular flexibility index (Phi) is 5.12. The van der Waals surface area contributed by atoms with Gasteiger partial charge >= 0.3 is 6.09 Å². The molecule has 4 nitrogen and oxygen atoms in total. The van der Waals surface area contributed by atoms with E-state index in [2.05, 4.69) is 10.6 Å². The minimum atomic E-state index is -0.526. The summed E-state index contributed by atoms with van der Waals surface area (Å²) >= 11 is 6.14. The van der Waals surface area contributed by atoms with Gasteiger partial charge in [-0.15, -0.1) is 0 Å². The van der Waals surface area contributed by atoms with E-state index in [0.29, 0.717) is 16.8 Å². The average molecular weight is 311 g/mol. The van der Waals surface area contributed by atoms with Gasteiger partial charge in [-0.1, -0.05) is 17.7 Å². The molecule has 1 aromatic carbocycles. The molecular formula is C16H23ClN2O2. The summed E-state index contributed by atoms with van der Waals surface area (Å²) < 4.78 is 5.25. The van der Waals surface area contributed by atoms with Crippen molar-refractivity contribution in [3.8, 4) is 0 Å². The van der Waals surface area contributed by atoms with Gasteiger partial charge in [-0.25, -0.2) is 4.79 Å². The lowest BCUT2D eigenvalue weighted by molar-refractivity contribution is 0.0636.